The monoisotopic (exact) mass is 304 g/mol. The van der Waals surface area contributed by atoms with E-state index >= 15 is 0 Å². The van der Waals surface area contributed by atoms with Crippen LogP contribution in [0.1, 0.15) is 23.5 Å². The van der Waals surface area contributed by atoms with Crippen LogP contribution in [0.5, 0.6) is 0 Å². The SMILES string of the molecule is CC(NS(=O)(=O)c1cc(CO)cs1)c1nccs1. The van der Waals surface area contributed by atoms with Crippen molar-refractivity contribution >= 4 is 32.7 Å². The number of aliphatic hydroxyl groups is 1. The van der Waals surface area contributed by atoms with E-state index in [1.807, 2.05) is 0 Å². The van der Waals surface area contributed by atoms with Crippen molar-refractivity contribution in [3.05, 3.63) is 33.6 Å². The lowest BCUT2D eigenvalue weighted by Gasteiger charge is -2.10. The summed E-state index contributed by atoms with van der Waals surface area (Å²) in [6.45, 7) is 1.59. The zero-order chi connectivity index (χ0) is 13.2. The van der Waals surface area contributed by atoms with Crippen LogP contribution < -0.4 is 4.72 Å². The second kappa shape index (κ2) is 5.45. The second-order valence-corrected chi connectivity index (χ2v) is 7.42. The number of aromatic nitrogens is 1. The van der Waals surface area contributed by atoms with Crippen LogP contribution in [0.2, 0.25) is 0 Å². The number of aliphatic hydroxyl groups excluding tert-OH is 1. The Morgan fingerprint density at radius 1 is 1.50 bits per heavy atom. The van der Waals surface area contributed by atoms with Gasteiger partial charge in [-0.25, -0.2) is 18.1 Å². The molecular weight excluding hydrogens is 292 g/mol. The van der Waals surface area contributed by atoms with E-state index in [1.54, 1.807) is 23.9 Å². The predicted octanol–water partition coefficient (Wildman–Crippen LogP) is 1.74. The number of hydrogen-bond acceptors (Lipinski definition) is 6. The lowest BCUT2D eigenvalue weighted by atomic mass is 10.4. The summed E-state index contributed by atoms with van der Waals surface area (Å²) in [5, 5.41) is 13.1. The molecule has 0 saturated heterocycles. The molecule has 98 valence electrons. The van der Waals surface area contributed by atoms with E-state index in [4.69, 9.17) is 5.11 Å². The maximum absolute atomic E-state index is 12.1. The number of thiazole rings is 1. The Morgan fingerprint density at radius 3 is 2.83 bits per heavy atom. The third-order valence-electron chi connectivity index (χ3n) is 2.23. The molecule has 0 saturated carbocycles. The molecule has 0 fully saturated rings. The lowest BCUT2D eigenvalue weighted by molar-refractivity contribution is 0.282. The van der Waals surface area contributed by atoms with Gasteiger partial charge in [0.25, 0.3) is 10.0 Å². The van der Waals surface area contributed by atoms with Crippen LogP contribution in [0.15, 0.2) is 27.2 Å². The highest BCUT2D eigenvalue weighted by Gasteiger charge is 2.21. The number of thiophene rings is 1. The minimum atomic E-state index is -3.55. The van der Waals surface area contributed by atoms with Crippen molar-refractivity contribution in [2.24, 2.45) is 0 Å². The molecule has 2 aromatic heterocycles. The van der Waals surface area contributed by atoms with Crippen LogP contribution in [0.3, 0.4) is 0 Å². The third kappa shape index (κ3) is 2.96. The summed E-state index contributed by atoms with van der Waals surface area (Å²) >= 11 is 2.49. The van der Waals surface area contributed by atoms with E-state index < -0.39 is 10.0 Å². The van der Waals surface area contributed by atoms with Gasteiger partial charge in [-0.05, 0) is 23.9 Å². The standard InChI is InChI=1S/C10H12N2O3S3/c1-7(10-11-2-3-16-10)12-18(14,15)9-4-8(5-13)6-17-9/h2-4,6-7,12-13H,5H2,1H3. The fourth-order valence-corrected chi connectivity index (χ4v) is 4.51. The Kier molecular flexibility index (Phi) is 4.13. The van der Waals surface area contributed by atoms with Crippen molar-refractivity contribution in [1.29, 1.82) is 0 Å². The topological polar surface area (TPSA) is 79.3 Å². The van der Waals surface area contributed by atoms with Crippen molar-refractivity contribution in [2.45, 2.75) is 23.8 Å². The maximum Gasteiger partial charge on any atom is 0.250 e. The van der Waals surface area contributed by atoms with E-state index in [1.165, 1.54) is 17.4 Å². The van der Waals surface area contributed by atoms with Gasteiger partial charge in [0.2, 0.25) is 0 Å². The first-order chi connectivity index (χ1) is 8.53. The number of rotatable bonds is 5. The largest absolute Gasteiger partial charge is 0.392 e. The van der Waals surface area contributed by atoms with Crippen LogP contribution in [0, 0.1) is 0 Å². The molecule has 0 aliphatic heterocycles. The zero-order valence-electron chi connectivity index (χ0n) is 9.53. The highest BCUT2D eigenvalue weighted by Crippen LogP contribution is 2.23. The van der Waals surface area contributed by atoms with E-state index in [0.717, 1.165) is 16.3 Å². The fourth-order valence-electron chi connectivity index (χ4n) is 1.37. The van der Waals surface area contributed by atoms with Crippen LogP contribution in [0.25, 0.3) is 0 Å². The molecule has 1 atom stereocenters. The van der Waals surface area contributed by atoms with Crippen LogP contribution in [-0.2, 0) is 16.6 Å². The minimum absolute atomic E-state index is 0.159. The van der Waals surface area contributed by atoms with Gasteiger partial charge in [0.05, 0.1) is 12.6 Å². The van der Waals surface area contributed by atoms with E-state index in [-0.39, 0.29) is 16.9 Å². The van der Waals surface area contributed by atoms with Crippen molar-refractivity contribution < 1.29 is 13.5 Å². The van der Waals surface area contributed by atoms with Crippen LogP contribution in [0.4, 0.5) is 0 Å². The summed E-state index contributed by atoms with van der Waals surface area (Å²) in [6, 6.07) is 1.11. The van der Waals surface area contributed by atoms with Crippen molar-refractivity contribution in [3.8, 4) is 0 Å². The molecule has 2 rings (SSSR count). The highest BCUT2D eigenvalue weighted by molar-refractivity contribution is 7.91. The average molecular weight is 304 g/mol. The molecular formula is C10H12N2O3S3. The number of hydrogen-bond donors (Lipinski definition) is 2. The van der Waals surface area contributed by atoms with Crippen molar-refractivity contribution in [2.75, 3.05) is 0 Å². The van der Waals surface area contributed by atoms with Gasteiger partial charge in [0.1, 0.15) is 9.22 Å². The lowest BCUT2D eigenvalue weighted by Crippen LogP contribution is -2.26. The first kappa shape index (κ1) is 13.6. The van der Waals surface area contributed by atoms with Gasteiger partial charge in [-0.2, -0.15) is 0 Å². The van der Waals surface area contributed by atoms with Gasteiger partial charge < -0.3 is 5.11 Å². The van der Waals surface area contributed by atoms with Gasteiger partial charge in [0.15, 0.2) is 0 Å². The Morgan fingerprint density at radius 2 is 2.28 bits per heavy atom. The number of nitrogens with one attached hydrogen (secondary N) is 1. The van der Waals surface area contributed by atoms with Crippen molar-refractivity contribution in [3.63, 3.8) is 0 Å². The molecule has 0 aromatic carbocycles. The predicted molar refractivity (Wildman–Crippen MR) is 71.1 cm³/mol. The Bertz CT molecular complexity index is 604. The molecule has 0 aliphatic rings. The summed E-state index contributed by atoms with van der Waals surface area (Å²) < 4.78 is 26.9. The quantitative estimate of drug-likeness (QED) is 0.882. The van der Waals surface area contributed by atoms with Gasteiger partial charge in [0, 0.05) is 11.6 Å². The third-order valence-corrected chi connectivity index (χ3v) is 6.22. The van der Waals surface area contributed by atoms with Crippen molar-refractivity contribution in [1.82, 2.24) is 9.71 Å². The maximum atomic E-state index is 12.1. The Balaban J connectivity index is 2.17. The van der Waals surface area contributed by atoms with E-state index in [2.05, 4.69) is 9.71 Å². The second-order valence-electron chi connectivity index (χ2n) is 3.65. The highest BCUT2D eigenvalue weighted by atomic mass is 32.2. The molecule has 0 radical (unpaired) electrons. The zero-order valence-corrected chi connectivity index (χ0v) is 12.0. The Hall–Kier alpha value is -0.800. The summed E-state index contributed by atoms with van der Waals surface area (Å²) in [5.41, 5.74) is 0.599. The summed E-state index contributed by atoms with van der Waals surface area (Å²) in [4.78, 5) is 4.07. The van der Waals surface area contributed by atoms with Gasteiger partial charge >= 0.3 is 0 Å². The molecule has 8 heteroatoms. The van der Waals surface area contributed by atoms with Crippen LogP contribution >= 0.6 is 22.7 Å². The summed E-state index contributed by atoms with van der Waals surface area (Å²) in [5.74, 6) is 0. The number of sulfonamides is 1. The minimum Gasteiger partial charge on any atom is -0.392 e. The van der Waals surface area contributed by atoms with Gasteiger partial charge in [-0.15, -0.1) is 22.7 Å². The molecule has 2 N–H and O–H groups in total. The summed E-state index contributed by atoms with van der Waals surface area (Å²) in [7, 11) is -3.55. The molecule has 0 amide bonds. The molecule has 0 spiro atoms. The van der Waals surface area contributed by atoms with Gasteiger partial charge in [-0.1, -0.05) is 0 Å². The summed E-state index contributed by atoms with van der Waals surface area (Å²) in [6.07, 6.45) is 1.64. The molecule has 0 bridgehead atoms. The van der Waals surface area contributed by atoms with E-state index in [0.29, 0.717) is 5.56 Å². The first-order valence-electron chi connectivity index (χ1n) is 5.13. The molecule has 2 aromatic rings. The fraction of sp³-hybridized carbons (Fsp3) is 0.300. The average Bonchev–Trinajstić information content (AvgIpc) is 3.00. The number of nitrogens with zero attached hydrogens (tertiary/aromatic N) is 1. The Labute approximate surface area is 113 Å². The molecule has 1 unspecified atom stereocenters. The van der Waals surface area contributed by atoms with Gasteiger partial charge in [-0.3, -0.25) is 0 Å². The molecule has 5 nitrogen and oxygen atoms in total. The molecule has 2 heterocycles. The normalized spacial score (nSPS) is 13.7. The first-order valence-corrected chi connectivity index (χ1v) is 8.37. The molecule has 18 heavy (non-hydrogen) atoms. The van der Waals surface area contributed by atoms with E-state index in [9.17, 15) is 8.42 Å². The van der Waals surface area contributed by atoms with Crippen LogP contribution in [-0.4, -0.2) is 18.5 Å². The smallest absolute Gasteiger partial charge is 0.250 e. The molecule has 0 aliphatic carbocycles.